The number of aromatic hydroxyl groups is 1. The van der Waals surface area contributed by atoms with Crippen LogP contribution in [0.4, 0.5) is 5.69 Å². The molecule has 0 unspecified atom stereocenters. The molecule has 0 saturated carbocycles. The normalized spacial score (nSPS) is 10.1. The number of carbonyl (C=O) groups excluding carboxylic acids is 1. The van der Waals surface area contributed by atoms with Gasteiger partial charge in [-0.3, -0.25) is 19.9 Å². The van der Waals surface area contributed by atoms with E-state index in [9.17, 15) is 20.0 Å². The van der Waals surface area contributed by atoms with Gasteiger partial charge < -0.3 is 10.4 Å². The van der Waals surface area contributed by atoms with E-state index in [-0.39, 0.29) is 23.5 Å². The van der Waals surface area contributed by atoms with Crippen LogP contribution >= 0.6 is 11.3 Å². The van der Waals surface area contributed by atoms with Crippen LogP contribution < -0.4 is 5.32 Å². The van der Waals surface area contributed by atoms with Crippen LogP contribution in [0.1, 0.15) is 15.2 Å². The van der Waals surface area contributed by atoms with Crippen molar-refractivity contribution in [1.82, 2.24) is 10.3 Å². The molecule has 1 aromatic heterocycles. The fourth-order valence-electron chi connectivity index (χ4n) is 1.46. The molecular weight excluding hydrogens is 270 g/mol. The molecule has 7 nitrogen and oxygen atoms in total. The summed E-state index contributed by atoms with van der Waals surface area (Å²) in [6.07, 6.45) is 1.60. The van der Waals surface area contributed by atoms with Gasteiger partial charge in [0.1, 0.15) is 11.3 Å². The first-order valence-corrected chi connectivity index (χ1v) is 6.09. The number of hydrogen-bond donors (Lipinski definition) is 2. The minimum atomic E-state index is -0.666. The minimum absolute atomic E-state index is 0.172. The second-order valence-corrected chi connectivity index (χ2v) is 4.58. The van der Waals surface area contributed by atoms with E-state index in [4.69, 9.17) is 0 Å². The van der Waals surface area contributed by atoms with Gasteiger partial charge in [-0.05, 0) is 12.1 Å². The number of thiazole rings is 1. The smallest absolute Gasteiger partial charge is 0.282 e. The Kier molecular flexibility index (Phi) is 3.71. The topological polar surface area (TPSA) is 105 Å². The van der Waals surface area contributed by atoms with E-state index in [0.717, 1.165) is 23.1 Å². The van der Waals surface area contributed by atoms with Gasteiger partial charge in [-0.25, -0.2) is 0 Å². The van der Waals surface area contributed by atoms with Crippen molar-refractivity contribution in [1.29, 1.82) is 0 Å². The number of carbonyl (C=O) groups is 1. The number of nitro groups is 1. The Bertz CT molecular complexity index is 612. The van der Waals surface area contributed by atoms with Crippen LogP contribution in [0.2, 0.25) is 0 Å². The predicted octanol–water partition coefficient (Wildman–Crippen LogP) is 1.69. The van der Waals surface area contributed by atoms with Crippen LogP contribution in [-0.2, 0) is 6.54 Å². The van der Waals surface area contributed by atoms with Crippen molar-refractivity contribution < 1.29 is 14.8 Å². The van der Waals surface area contributed by atoms with Gasteiger partial charge in [0.15, 0.2) is 0 Å². The highest BCUT2D eigenvalue weighted by atomic mass is 32.1. The van der Waals surface area contributed by atoms with E-state index in [1.165, 1.54) is 11.3 Å². The van der Waals surface area contributed by atoms with Crippen molar-refractivity contribution in [2.24, 2.45) is 0 Å². The second-order valence-electron chi connectivity index (χ2n) is 3.61. The third-order valence-electron chi connectivity index (χ3n) is 2.33. The van der Waals surface area contributed by atoms with Crippen molar-refractivity contribution in [2.75, 3.05) is 0 Å². The Hall–Kier alpha value is -2.48. The first-order valence-electron chi connectivity index (χ1n) is 5.21. The lowest BCUT2D eigenvalue weighted by molar-refractivity contribution is -0.385. The Morgan fingerprint density at radius 3 is 2.95 bits per heavy atom. The summed E-state index contributed by atoms with van der Waals surface area (Å²) in [6, 6.07) is 3.33. The highest BCUT2D eigenvalue weighted by Gasteiger charge is 2.20. The minimum Gasteiger partial charge on any atom is -0.508 e. The number of nitrogens with zero attached hydrogens (tertiary/aromatic N) is 2. The van der Waals surface area contributed by atoms with Crippen LogP contribution in [0, 0.1) is 10.1 Å². The maximum Gasteiger partial charge on any atom is 0.282 e. The quantitative estimate of drug-likeness (QED) is 0.654. The highest BCUT2D eigenvalue weighted by Crippen LogP contribution is 2.23. The molecule has 2 rings (SSSR count). The number of amides is 1. The summed E-state index contributed by atoms with van der Waals surface area (Å²) < 4.78 is 0. The summed E-state index contributed by atoms with van der Waals surface area (Å²) in [4.78, 5) is 26.7. The number of phenols is 1. The highest BCUT2D eigenvalue weighted by molar-refractivity contribution is 7.09. The van der Waals surface area contributed by atoms with Gasteiger partial charge in [-0.2, -0.15) is 0 Å². The fourth-order valence-corrected chi connectivity index (χ4v) is 1.99. The average Bonchev–Trinajstić information content (AvgIpc) is 2.88. The first-order chi connectivity index (χ1) is 9.08. The molecule has 0 fully saturated rings. The molecular formula is C11H9N3O4S. The maximum atomic E-state index is 11.9. The Balaban J connectivity index is 2.18. The number of nitrogens with one attached hydrogen (secondary N) is 1. The molecule has 0 aliphatic rings. The number of rotatable bonds is 4. The van der Waals surface area contributed by atoms with Crippen molar-refractivity contribution in [3.05, 3.63) is 50.5 Å². The molecule has 0 aliphatic heterocycles. The number of benzene rings is 1. The van der Waals surface area contributed by atoms with Crippen LogP contribution in [0.5, 0.6) is 5.75 Å². The van der Waals surface area contributed by atoms with Crippen molar-refractivity contribution in [2.45, 2.75) is 6.54 Å². The Morgan fingerprint density at radius 2 is 2.32 bits per heavy atom. The number of hydrogen-bond acceptors (Lipinski definition) is 6. The van der Waals surface area contributed by atoms with Crippen LogP contribution in [0.15, 0.2) is 29.9 Å². The predicted molar refractivity (Wildman–Crippen MR) is 68.0 cm³/mol. The Labute approximate surface area is 111 Å². The summed E-state index contributed by atoms with van der Waals surface area (Å²) in [5, 5.41) is 22.7. The molecule has 1 heterocycles. The summed E-state index contributed by atoms with van der Waals surface area (Å²) in [5.41, 5.74) is 1.10. The first kappa shape index (κ1) is 13.0. The number of nitro benzene ring substituents is 1. The maximum absolute atomic E-state index is 11.9. The Morgan fingerprint density at radius 1 is 1.53 bits per heavy atom. The average molecular weight is 279 g/mol. The van der Waals surface area contributed by atoms with E-state index < -0.39 is 10.8 Å². The third-order valence-corrected chi connectivity index (χ3v) is 3.11. The zero-order chi connectivity index (χ0) is 13.8. The van der Waals surface area contributed by atoms with E-state index >= 15 is 0 Å². The molecule has 0 spiro atoms. The summed E-state index contributed by atoms with van der Waals surface area (Å²) in [7, 11) is 0. The summed E-state index contributed by atoms with van der Waals surface area (Å²) in [6.45, 7) is 0.232. The lowest BCUT2D eigenvalue weighted by Crippen LogP contribution is -2.23. The molecule has 0 bridgehead atoms. The van der Waals surface area contributed by atoms with Gasteiger partial charge in [0.25, 0.3) is 11.6 Å². The largest absolute Gasteiger partial charge is 0.508 e. The molecule has 19 heavy (non-hydrogen) atoms. The van der Waals surface area contributed by atoms with Crippen LogP contribution in [-0.4, -0.2) is 20.9 Å². The molecule has 0 saturated heterocycles. The SMILES string of the molecule is O=C(NCc1cncs1)c1cc(O)ccc1[N+](=O)[O-]. The lowest BCUT2D eigenvalue weighted by Gasteiger charge is -2.04. The van der Waals surface area contributed by atoms with E-state index in [0.29, 0.717) is 0 Å². The van der Waals surface area contributed by atoms with Gasteiger partial charge >= 0.3 is 0 Å². The van der Waals surface area contributed by atoms with Crippen molar-refractivity contribution >= 4 is 22.9 Å². The molecule has 1 amide bonds. The molecule has 0 aliphatic carbocycles. The fraction of sp³-hybridized carbons (Fsp3) is 0.0909. The molecule has 0 atom stereocenters. The molecule has 2 N–H and O–H groups in total. The summed E-state index contributed by atoms with van der Waals surface area (Å²) in [5.74, 6) is -0.815. The summed E-state index contributed by atoms with van der Waals surface area (Å²) >= 11 is 1.36. The van der Waals surface area contributed by atoms with Crippen molar-refractivity contribution in [3.63, 3.8) is 0 Å². The van der Waals surface area contributed by atoms with Gasteiger partial charge in [0.05, 0.1) is 17.0 Å². The second kappa shape index (κ2) is 5.44. The molecule has 98 valence electrons. The number of phenolic OH excluding ortho intramolecular Hbond substituents is 1. The zero-order valence-electron chi connectivity index (χ0n) is 9.57. The molecule has 1 aromatic carbocycles. The molecule has 2 aromatic rings. The van der Waals surface area contributed by atoms with E-state index in [2.05, 4.69) is 10.3 Å². The van der Waals surface area contributed by atoms with E-state index in [1.54, 1.807) is 11.7 Å². The van der Waals surface area contributed by atoms with Crippen LogP contribution in [0.3, 0.4) is 0 Å². The number of aromatic nitrogens is 1. The van der Waals surface area contributed by atoms with Crippen LogP contribution in [0.25, 0.3) is 0 Å². The standard InChI is InChI=1S/C11H9N3O4S/c15-7-1-2-10(14(17)18)9(3-7)11(16)13-5-8-4-12-6-19-8/h1-4,6,15H,5H2,(H,13,16). The third kappa shape index (κ3) is 3.05. The molecule has 0 radical (unpaired) electrons. The van der Waals surface area contributed by atoms with E-state index in [1.807, 2.05) is 0 Å². The van der Waals surface area contributed by atoms with Gasteiger partial charge in [0, 0.05) is 17.1 Å². The van der Waals surface area contributed by atoms with Gasteiger partial charge in [-0.15, -0.1) is 11.3 Å². The lowest BCUT2D eigenvalue weighted by atomic mass is 10.1. The zero-order valence-corrected chi connectivity index (χ0v) is 10.4. The monoisotopic (exact) mass is 279 g/mol. The van der Waals surface area contributed by atoms with Crippen molar-refractivity contribution in [3.8, 4) is 5.75 Å². The molecule has 8 heteroatoms. The van der Waals surface area contributed by atoms with Gasteiger partial charge in [-0.1, -0.05) is 0 Å². The van der Waals surface area contributed by atoms with Gasteiger partial charge in [0.2, 0.25) is 0 Å².